The van der Waals surface area contributed by atoms with Gasteiger partial charge in [-0.2, -0.15) is 0 Å². The number of rotatable bonds is 0. The second-order valence-corrected chi connectivity index (χ2v) is 8.70. The predicted molar refractivity (Wildman–Crippen MR) is 64.3 cm³/mol. The number of hydrogen-bond donors (Lipinski definition) is 16. The minimum Gasteiger partial charge on any atom is -0.894 e. The quantitative estimate of drug-likeness (QED) is 0.120. The monoisotopic (exact) mass is 568 g/mol. The van der Waals surface area contributed by atoms with Gasteiger partial charge in [0.1, 0.15) is 0 Å². The van der Waals surface area contributed by atoms with Crippen molar-refractivity contribution in [3.05, 3.63) is 0 Å². The van der Waals surface area contributed by atoms with Crippen molar-refractivity contribution in [3.63, 3.8) is 0 Å². The van der Waals surface area contributed by atoms with E-state index < -0.39 is 45.2 Å². The van der Waals surface area contributed by atoms with E-state index in [4.69, 9.17) is 95.9 Å². The van der Waals surface area contributed by atoms with Crippen molar-refractivity contribution in [1.82, 2.24) is 0 Å². The molecule has 0 aliphatic heterocycles. The summed E-state index contributed by atoms with van der Waals surface area (Å²) in [7, 11) is -24.1. The molecule has 0 spiro atoms. The summed E-state index contributed by atoms with van der Waals surface area (Å²) in [4.78, 5) is 152. The smallest absolute Gasteiger partial charge is 0.894 e. The molecule has 0 amide bonds. The summed E-state index contributed by atoms with van der Waals surface area (Å²) < 4.78 is 0. The molecule has 0 aromatic heterocycles. The SMILES string of the molecule is O[Si](O)(O)O.O[Si](O)(O)O.O[Si](O)(O)O.O[Si](O)(O)O.[Na+].[Na+].[Na+].[Na+].[O-][Si]([O-])([O-])[O-]. The summed E-state index contributed by atoms with van der Waals surface area (Å²) in [5.74, 6) is 0. The second-order valence-electron chi connectivity index (χ2n) is 2.90. The van der Waals surface area contributed by atoms with Gasteiger partial charge < -0.3 is 105 Å². The molecule has 20 nitrogen and oxygen atoms in total. The van der Waals surface area contributed by atoms with Gasteiger partial charge in [-0.05, 0) is 0 Å². The van der Waals surface area contributed by atoms with E-state index in [0.717, 1.165) is 0 Å². The van der Waals surface area contributed by atoms with Gasteiger partial charge in [0.2, 0.25) is 0 Å². The van der Waals surface area contributed by atoms with Crippen molar-refractivity contribution < 1.29 is 214 Å². The van der Waals surface area contributed by atoms with E-state index in [2.05, 4.69) is 0 Å². The van der Waals surface area contributed by atoms with E-state index >= 15 is 0 Å². The van der Waals surface area contributed by atoms with Gasteiger partial charge in [-0.15, -0.1) is 0 Å². The average molecular weight is 568 g/mol. The van der Waals surface area contributed by atoms with Crippen LogP contribution in [0.4, 0.5) is 0 Å². The molecule has 160 valence electrons. The van der Waals surface area contributed by atoms with Crippen LogP contribution in [0.3, 0.4) is 0 Å². The van der Waals surface area contributed by atoms with Gasteiger partial charge in [0.25, 0.3) is 0 Å². The van der Waals surface area contributed by atoms with Gasteiger partial charge in [-0.3, -0.25) is 0 Å². The Labute approximate surface area is 255 Å². The number of hydrogen-bond acceptors (Lipinski definition) is 20. The van der Waals surface area contributed by atoms with Crippen LogP contribution in [0.1, 0.15) is 0 Å². The van der Waals surface area contributed by atoms with Crippen LogP contribution in [0.2, 0.25) is 0 Å². The first-order valence-electron chi connectivity index (χ1n) is 4.39. The van der Waals surface area contributed by atoms with Crippen LogP contribution in [-0.2, 0) is 0 Å². The van der Waals surface area contributed by atoms with Crippen LogP contribution in [0.15, 0.2) is 0 Å². The molecular formula is H16Na4O20Si5. The van der Waals surface area contributed by atoms with Crippen LogP contribution < -0.4 is 137 Å². The molecule has 29 heteroatoms. The predicted octanol–water partition coefficient (Wildman–Crippen LogP) is -27.6. The summed E-state index contributed by atoms with van der Waals surface area (Å²) in [5.41, 5.74) is 0. The normalized spacial score (nSPS) is 10.3. The summed E-state index contributed by atoms with van der Waals surface area (Å²) in [6, 6.07) is 0. The third-order valence-corrected chi connectivity index (χ3v) is 0. The van der Waals surface area contributed by atoms with Crippen molar-refractivity contribution in [1.29, 1.82) is 0 Å². The molecule has 16 N–H and O–H groups in total. The van der Waals surface area contributed by atoms with Crippen LogP contribution in [0.5, 0.6) is 0 Å². The Hall–Kier alpha value is 4.28. The Kier molecular flexibility index (Phi) is 54.5. The first-order chi connectivity index (χ1) is 10.0. The van der Waals surface area contributed by atoms with Gasteiger partial charge in [0.15, 0.2) is 0 Å². The third-order valence-electron chi connectivity index (χ3n) is 0. The maximum Gasteiger partial charge on any atom is 1.00 e. The molecule has 0 rings (SSSR count). The van der Waals surface area contributed by atoms with Crippen molar-refractivity contribution in [2.45, 2.75) is 0 Å². The van der Waals surface area contributed by atoms with Crippen molar-refractivity contribution in [3.8, 4) is 0 Å². The fraction of sp³-hybridized carbons (Fsp3) is 0. The van der Waals surface area contributed by atoms with E-state index in [9.17, 15) is 0 Å². The van der Waals surface area contributed by atoms with E-state index in [1.54, 1.807) is 0 Å². The third kappa shape index (κ3) is 1610. The molecule has 0 fully saturated rings. The summed E-state index contributed by atoms with van der Waals surface area (Å²) in [5, 5.41) is 0. The molecule has 0 radical (unpaired) electrons. The zero-order valence-electron chi connectivity index (χ0n) is 15.3. The molecule has 0 aromatic carbocycles. The van der Waals surface area contributed by atoms with E-state index in [-0.39, 0.29) is 118 Å². The summed E-state index contributed by atoms with van der Waals surface area (Å²) in [6.45, 7) is 0. The maximum atomic E-state index is 8.58. The Balaban J connectivity index is -0.0000000238. The van der Waals surface area contributed by atoms with Gasteiger partial charge in [0.05, 0.1) is 0 Å². The topological polar surface area (TPSA) is 416 Å². The van der Waals surface area contributed by atoms with Crippen LogP contribution in [0, 0.1) is 0 Å². The molecule has 0 atom stereocenters. The van der Waals surface area contributed by atoms with E-state index in [1.807, 2.05) is 0 Å². The molecule has 0 unspecified atom stereocenters. The van der Waals surface area contributed by atoms with Crippen molar-refractivity contribution in [2.75, 3.05) is 0 Å². The summed E-state index contributed by atoms with van der Waals surface area (Å²) >= 11 is 0. The minimum absolute atomic E-state index is 0. The minimum atomic E-state index is -5.61. The van der Waals surface area contributed by atoms with Crippen LogP contribution >= 0.6 is 0 Å². The fourth-order valence-electron chi connectivity index (χ4n) is 0. The molecule has 29 heavy (non-hydrogen) atoms. The molecular weight excluding hydrogens is 552 g/mol. The van der Waals surface area contributed by atoms with Gasteiger partial charge >= 0.3 is 154 Å². The molecule has 0 saturated heterocycles. The maximum absolute atomic E-state index is 8.58. The Morgan fingerprint density at radius 1 is 0.276 bits per heavy atom. The average Bonchev–Trinajstić information content (AvgIpc) is 1.79. The standard InChI is InChI=1S/4Na.4H4O4Si.O4Si/c;;;;5*1-5(2,3)4/h;;;;4*1-4H;/q4*+1;;;;;-4. The molecule has 0 aromatic rings. The molecule has 0 aliphatic rings. The van der Waals surface area contributed by atoms with E-state index in [0.29, 0.717) is 0 Å². The van der Waals surface area contributed by atoms with E-state index in [1.165, 1.54) is 0 Å². The molecule has 0 bridgehead atoms. The largest absolute Gasteiger partial charge is 1.00 e. The first kappa shape index (κ1) is 58.8. The summed E-state index contributed by atoms with van der Waals surface area (Å²) in [6.07, 6.45) is 0. The van der Waals surface area contributed by atoms with Crippen molar-refractivity contribution in [2.24, 2.45) is 0 Å². The molecule has 0 aliphatic carbocycles. The van der Waals surface area contributed by atoms with Crippen molar-refractivity contribution >= 4 is 45.2 Å². The Morgan fingerprint density at radius 3 is 0.276 bits per heavy atom. The fourth-order valence-corrected chi connectivity index (χ4v) is 0. The zero-order valence-corrected chi connectivity index (χ0v) is 28.3. The zero-order chi connectivity index (χ0) is 22.5. The first-order valence-corrected chi connectivity index (χ1v) is 13.2. The van der Waals surface area contributed by atoms with Crippen LogP contribution in [0.25, 0.3) is 0 Å². The van der Waals surface area contributed by atoms with Crippen LogP contribution in [-0.4, -0.2) is 122 Å². The molecule has 0 saturated carbocycles. The Bertz CT molecular complexity index is 182. The second kappa shape index (κ2) is 26.9. The van der Waals surface area contributed by atoms with Gasteiger partial charge in [-0.25, -0.2) is 0 Å². The van der Waals surface area contributed by atoms with Gasteiger partial charge in [-0.1, -0.05) is 0 Å². The van der Waals surface area contributed by atoms with Gasteiger partial charge in [0, 0.05) is 0 Å². The Morgan fingerprint density at radius 2 is 0.276 bits per heavy atom. The molecule has 0 heterocycles.